The molecule has 4 aromatic carbocycles. The van der Waals surface area contributed by atoms with Crippen molar-refractivity contribution >= 4 is 73.8 Å². The van der Waals surface area contributed by atoms with E-state index in [1.807, 2.05) is 24.3 Å². The number of amides is 5. The largest absolute Gasteiger partial charge is 0.444 e. The summed E-state index contributed by atoms with van der Waals surface area (Å²) in [6.45, 7) is 5.62. The minimum absolute atomic E-state index is 0.0121. The second-order valence-electron chi connectivity index (χ2n) is 13.4. The van der Waals surface area contributed by atoms with Gasteiger partial charge in [0.05, 0.1) is 0 Å². The van der Waals surface area contributed by atoms with Crippen LogP contribution in [0.15, 0.2) is 72.9 Å². The van der Waals surface area contributed by atoms with Gasteiger partial charge in [-0.1, -0.05) is 48.5 Å². The zero-order chi connectivity index (χ0) is 37.9. The number of aromatic nitrogens is 3. The van der Waals surface area contributed by atoms with Crippen LogP contribution in [0.1, 0.15) is 75.6 Å². The van der Waals surface area contributed by atoms with Crippen LogP contribution < -0.4 is 26.6 Å². The summed E-state index contributed by atoms with van der Waals surface area (Å²) in [7, 11) is 1.67. The minimum atomic E-state index is -0.891. The number of aromatic amines is 1. The van der Waals surface area contributed by atoms with Crippen molar-refractivity contribution in [3.63, 3.8) is 0 Å². The number of anilines is 1. The summed E-state index contributed by atoms with van der Waals surface area (Å²) in [5, 5.41) is 26.7. The van der Waals surface area contributed by atoms with Crippen LogP contribution in [0.5, 0.6) is 0 Å². The third-order valence-corrected chi connectivity index (χ3v) is 8.31. The number of alkyl carbamates (subject to hydrolysis) is 1. The Balaban J connectivity index is 0.944. The number of H-pyrrole nitrogens is 1. The molecule has 0 unspecified atom stereocenters. The third kappa shape index (κ3) is 8.25. The number of rotatable bonds is 10. The molecule has 53 heavy (non-hydrogen) atoms. The van der Waals surface area contributed by atoms with Crippen LogP contribution in [-0.2, 0) is 11.8 Å². The van der Waals surface area contributed by atoms with Crippen LogP contribution in [0, 0.1) is 5.41 Å². The van der Waals surface area contributed by atoms with E-state index in [4.69, 9.17) is 10.1 Å². The van der Waals surface area contributed by atoms with E-state index in [1.54, 1.807) is 44.6 Å². The van der Waals surface area contributed by atoms with E-state index in [0.717, 1.165) is 32.3 Å². The standard InChI is InChI=1S/C38H39N9O6/c1-38(2,3)53-37(52)46-36(39)45-34(50)27-17-16-26(42-27)33(49)40-18-5-6-19-41-35(51)31-43-28(20-47(31)4)44-32(48)25-15-13-23-11-10-21-8-7-9-22-12-14-24(25)30(23)29(21)22/h7-17,20,42H,5-6,18-19H2,1-4H3,(H,40,49)(H,41,51)(H,44,48)(H3,39,45,46,50,52). The first kappa shape index (κ1) is 36.0. The average Bonchev–Trinajstić information content (AvgIpc) is 3.74. The van der Waals surface area contributed by atoms with Gasteiger partial charge in [0.1, 0.15) is 17.0 Å². The molecule has 7 N–H and O–H groups in total. The second kappa shape index (κ2) is 14.8. The monoisotopic (exact) mass is 717 g/mol. The van der Waals surface area contributed by atoms with E-state index in [-0.39, 0.29) is 28.9 Å². The van der Waals surface area contributed by atoms with Crippen molar-refractivity contribution < 1.29 is 28.7 Å². The van der Waals surface area contributed by atoms with Gasteiger partial charge in [0, 0.05) is 31.9 Å². The van der Waals surface area contributed by atoms with Crippen molar-refractivity contribution in [3.05, 3.63) is 95.7 Å². The van der Waals surface area contributed by atoms with Crippen molar-refractivity contribution in [2.75, 3.05) is 18.4 Å². The Morgan fingerprint density at radius 1 is 0.755 bits per heavy atom. The van der Waals surface area contributed by atoms with E-state index < -0.39 is 35.4 Å². The second-order valence-corrected chi connectivity index (χ2v) is 13.4. The van der Waals surface area contributed by atoms with E-state index in [1.165, 1.54) is 12.1 Å². The highest BCUT2D eigenvalue weighted by Gasteiger charge is 2.21. The van der Waals surface area contributed by atoms with Gasteiger partial charge in [0.2, 0.25) is 11.8 Å². The normalized spacial score (nSPS) is 11.4. The summed E-state index contributed by atoms with van der Waals surface area (Å²) in [5.41, 5.74) is -0.122. The molecule has 0 aliphatic rings. The predicted octanol–water partition coefficient (Wildman–Crippen LogP) is 5.03. The van der Waals surface area contributed by atoms with Crippen molar-refractivity contribution in [3.8, 4) is 0 Å². The van der Waals surface area contributed by atoms with E-state index in [0.29, 0.717) is 31.5 Å². The van der Waals surface area contributed by atoms with Gasteiger partial charge in [-0.15, -0.1) is 0 Å². The molecule has 0 aliphatic heterocycles. The number of hydrogen-bond acceptors (Lipinski definition) is 8. The van der Waals surface area contributed by atoms with Gasteiger partial charge in [-0.2, -0.15) is 0 Å². The molecule has 2 heterocycles. The summed E-state index contributed by atoms with van der Waals surface area (Å²) in [6.07, 6.45) is 1.80. The maximum absolute atomic E-state index is 13.5. The summed E-state index contributed by atoms with van der Waals surface area (Å²) < 4.78 is 6.58. The molecule has 0 spiro atoms. The van der Waals surface area contributed by atoms with E-state index >= 15 is 0 Å². The lowest BCUT2D eigenvalue weighted by atomic mass is 9.92. The number of benzene rings is 4. The lowest BCUT2D eigenvalue weighted by Gasteiger charge is -2.19. The maximum Gasteiger partial charge on any atom is 0.414 e. The summed E-state index contributed by atoms with van der Waals surface area (Å²) >= 11 is 0. The lowest BCUT2D eigenvalue weighted by Crippen LogP contribution is -2.45. The Morgan fingerprint density at radius 3 is 2.04 bits per heavy atom. The zero-order valence-electron chi connectivity index (χ0n) is 29.6. The number of nitrogens with one attached hydrogen (secondary N) is 7. The van der Waals surface area contributed by atoms with Crippen molar-refractivity contribution in [2.45, 2.75) is 39.2 Å². The molecular formula is C38H39N9O6. The van der Waals surface area contributed by atoms with Crippen LogP contribution in [0.25, 0.3) is 32.3 Å². The molecule has 2 aromatic heterocycles. The Labute approximate surface area is 303 Å². The number of aryl methyl sites for hydroxylation is 1. The van der Waals surface area contributed by atoms with Gasteiger partial charge in [-0.3, -0.25) is 35.2 Å². The van der Waals surface area contributed by atoms with E-state index in [9.17, 15) is 24.0 Å². The van der Waals surface area contributed by atoms with E-state index in [2.05, 4.69) is 60.8 Å². The number of nitrogens with zero attached hydrogens (tertiary/aromatic N) is 2. The molecule has 0 fully saturated rings. The molecule has 15 heteroatoms. The number of imidazole rings is 1. The maximum atomic E-state index is 13.5. The summed E-state index contributed by atoms with van der Waals surface area (Å²) in [6, 6.07) is 20.8. The molecule has 0 aliphatic carbocycles. The number of hydrogen-bond donors (Lipinski definition) is 7. The molecule has 0 bridgehead atoms. The van der Waals surface area contributed by atoms with Crippen LogP contribution in [0.4, 0.5) is 10.6 Å². The van der Waals surface area contributed by atoms with Crippen molar-refractivity contribution in [1.29, 1.82) is 5.41 Å². The van der Waals surface area contributed by atoms with Gasteiger partial charge >= 0.3 is 6.09 Å². The Hall–Kier alpha value is -6.77. The van der Waals surface area contributed by atoms with Crippen molar-refractivity contribution in [1.82, 2.24) is 35.8 Å². The molecule has 0 saturated carbocycles. The topological polar surface area (TPSA) is 212 Å². The van der Waals surface area contributed by atoms with Crippen molar-refractivity contribution in [2.24, 2.45) is 7.05 Å². The van der Waals surface area contributed by atoms with Crippen LogP contribution in [0.3, 0.4) is 0 Å². The predicted molar refractivity (Wildman–Crippen MR) is 201 cm³/mol. The first-order valence-corrected chi connectivity index (χ1v) is 16.9. The molecular weight excluding hydrogens is 678 g/mol. The first-order valence-electron chi connectivity index (χ1n) is 16.9. The molecule has 0 atom stereocenters. The van der Waals surface area contributed by atoms with Gasteiger partial charge in [0.25, 0.3) is 23.6 Å². The van der Waals surface area contributed by atoms with Gasteiger partial charge in [-0.05, 0) is 84.1 Å². The molecule has 15 nitrogen and oxygen atoms in total. The minimum Gasteiger partial charge on any atom is -0.444 e. The number of unbranched alkanes of at least 4 members (excludes halogenated alkanes) is 1. The van der Waals surface area contributed by atoms with Crippen LogP contribution >= 0.6 is 0 Å². The summed E-state index contributed by atoms with van der Waals surface area (Å²) in [4.78, 5) is 70.2. The average molecular weight is 718 g/mol. The highest BCUT2D eigenvalue weighted by Crippen LogP contribution is 2.36. The fourth-order valence-corrected chi connectivity index (χ4v) is 5.96. The zero-order valence-corrected chi connectivity index (χ0v) is 29.6. The fraction of sp³-hybridized carbons (Fsp3) is 0.237. The number of carbonyl (C=O) groups excluding carboxylic acids is 5. The quantitative estimate of drug-likeness (QED) is 0.0444. The molecule has 0 radical (unpaired) electrons. The lowest BCUT2D eigenvalue weighted by molar-refractivity contribution is 0.0560. The van der Waals surface area contributed by atoms with Crippen LogP contribution in [-0.4, -0.2) is 68.9 Å². The Bertz CT molecular complexity index is 2370. The molecule has 0 saturated heterocycles. The number of carbonyl (C=O) groups is 5. The third-order valence-electron chi connectivity index (χ3n) is 8.31. The molecule has 272 valence electrons. The van der Waals surface area contributed by atoms with Crippen LogP contribution in [0.2, 0.25) is 0 Å². The summed E-state index contributed by atoms with van der Waals surface area (Å²) in [5.74, 6) is -2.12. The van der Waals surface area contributed by atoms with Gasteiger partial charge < -0.3 is 30.2 Å². The molecule has 6 aromatic rings. The highest BCUT2D eigenvalue weighted by molar-refractivity contribution is 6.27. The van der Waals surface area contributed by atoms with Gasteiger partial charge in [-0.25, -0.2) is 9.78 Å². The highest BCUT2D eigenvalue weighted by atomic mass is 16.6. The van der Waals surface area contributed by atoms with Gasteiger partial charge in [0.15, 0.2) is 5.82 Å². The smallest absolute Gasteiger partial charge is 0.414 e. The Kier molecular flexibility index (Phi) is 10.1. The number of ether oxygens (including phenoxy) is 1. The molecule has 5 amide bonds. The number of guanidine groups is 1. The molecule has 6 rings (SSSR count). The Morgan fingerprint density at radius 2 is 1.36 bits per heavy atom. The SMILES string of the molecule is Cn1cc(NC(=O)c2ccc3ccc4cccc5ccc2c3c45)nc1C(=O)NCCCCNC(=O)c1ccc(C(=O)NC(=N)NC(=O)OC(C)(C)C)[nH]1. The first-order chi connectivity index (χ1) is 25.3. The fourth-order valence-electron chi connectivity index (χ4n) is 5.96.